The van der Waals surface area contributed by atoms with Crippen LogP contribution in [0.15, 0.2) is 59.3 Å². The molecule has 3 aromatic rings. The molecule has 0 atom stereocenters. The molecule has 27 heavy (non-hydrogen) atoms. The summed E-state index contributed by atoms with van der Waals surface area (Å²) in [6.07, 6.45) is 2.35. The highest BCUT2D eigenvalue weighted by Crippen LogP contribution is 2.13. The summed E-state index contributed by atoms with van der Waals surface area (Å²) in [6, 6.07) is 15.4. The van der Waals surface area contributed by atoms with Crippen molar-refractivity contribution in [3.05, 3.63) is 66.2 Å². The van der Waals surface area contributed by atoms with Crippen molar-refractivity contribution in [1.29, 1.82) is 0 Å². The summed E-state index contributed by atoms with van der Waals surface area (Å²) in [4.78, 5) is 23.0. The highest BCUT2D eigenvalue weighted by Gasteiger charge is 2.16. The van der Waals surface area contributed by atoms with Gasteiger partial charge in [-0.2, -0.15) is 4.98 Å². The SMILES string of the molecule is COCCN(Cc1ccccc1)C(=O)CCc1nc(-c2ccccn2)no1. The van der Waals surface area contributed by atoms with Gasteiger partial charge in [-0.3, -0.25) is 9.78 Å². The fraction of sp³-hybridized carbons (Fsp3) is 0.300. The molecular weight excluding hydrogens is 344 g/mol. The summed E-state index contributed by atoms with van der Waals surface area (Å²) in [7, 11) is 1.63. The minimum atomic E-state index is 0.0217. The van der Waals surface area contributed by atoms with Crippen LogP contribution in [-0.4, -0.2) is 46.2 Å². The van der Waals surface area contributed by atoms with Gasteiger partial charge in [0.15, 0.2) is 0 Å². The third kappa shape index (κ3) is 5.46. The summed E-state index contributed by atoms with van der Waals surface area (Å²) in [5, 5.41) is 3.93. The Bertz CT molecular complexity index is 837. The van der Waals surface area contributed by atoms with Crippen molar-refractivity contribution in [3.63, 3.8) is 0 Å². The first kappa shape index (κ1) is 18.7. The number of hydrogen-bond acceptors (Lipinski definition) is 6. The van der Waals surface area contributed by atoms with Gasteiger partial charge in [-0.15, -0.1) is 0 Å². The van der Waals surface area contributed by atoms with Crippen molar-refractivity contribution in [2.24, 2.45) is 0 Å². The van der Waals surface area contributed by atoms with Crippen molar-refractivity contribution in [3.8, 4) is 11.5 Å². The molecule has 0 unspecified atom stereocenters. The quantitative estimate of drug-likeness (QED) is 0.579. The average Bonchev–Trinajstić information content (AvgIpc) is 3.20. The first-order chi connectivity index (χ1) is 13.3. The van der Waals surface area contributed by atoms with Gasteiger partial charge in [0.05, 0.1) is 6.61 Å². The molecule has 0 radical (unpaired) electrons. The van der Waals surface area contributed by atoms with Crippen molar-refractivity contribution in [2.75, 3.05) is 20.3 Å². The zero-order valence-electron chi connectivity index (χ0n) is 15.2. The lowest BCUT2D eigenvalue weighted by atomic mass is 10.2. The highest BCUT2D eigenvalue weighted by molar-refractivity contribution is 5.76. The zero-order chi connectivity index (χ0) is 18.9. The lowest BCUT2D eigenvalue weighted by Gasteiger charge is -2.22. The van der Waals surface area contributed by atoms with Gasteiger partial charge in [0, 0.05) is 39.2 Å². The van der Waals surface area contributed by atoms with Crippen LogP contribution in [0.25, 0.3) is 11.5 Å². The molecule has 140 valence electrons. The number of aromatic nitrogens is 3. The maximum absolute atomic E-state index is 12.7. The smallest absolute Gasteiger partial charge is 0.227 e. The summed E-state index contributed by atoms with van der Waals surface area (Å²) in [5.41, 5.74) is 1.72. The molecule has 0 fully saturated rings. The molecular formula is C20H22N4O3. The Hall–Kier alpha value is -3.06. The van der Waals surface area contributed by atoms with Crippen LogP contribution in [0.5, 0.6) is 0 Å². The number of aryl methyl sites for hydroxylation is 1. The second-order valence-electron chi connectivity index (χ2n) is 6.02. The Kier molecular flexibility index (Phi) is 6.65. The third-order valence-corrected chi connectivity index (χ3v) is 4.05. The minimum Gasteiger partial charge on any atom is -0.383 e. The van der Waals surface area contributed by atoms with E-state index in [9.17, 15) is 4.79 Å². The molecule has 3 rings (SSSR count). The molecule has 0 N–H and O–H groups in total. The number of ether oxygens (including phenoxy) is 1. The van der Waals surface area contributed by atoms with E-state index in [0.29, 0.717) is 49.9 Å². The van der Waals surface area contributed by atoms with Gasteiger partial charge in [0.1, 0.15) is 5.69 Å². The Labute approximate surface area is 158 Å². The molecule has 0 aliphatic heterocycles. The normalized spacial score (nSPS) is 10.7. The molecule has 0 aliphatic rings. The van der Waals surface area contributed by atoms with Gasteiger partial charge in [-0.1, -0.05) is 41.6 Å². The fourth-order valence-corrected chi connectivity index (χ4v) is 2.62. The first-order valence-corrected chi connectivity index (χ1v) is 8.81. The minimum absolute atomic E-state index is 0.0217. The van der Waals surface area contributed by atoms with Gasteiger partial charge >= 0.3 is 0 Å². The van der Waals surface area contributed by atoms with Crippen LogP contribution in [0.3, 0.4) is 0 Å². The van der Waals surface area contributed by atoms with E-state index in [1.54, 1.807) is 18.2 Å². The summed E-state index contributed by atoms with van der Waals surface area (Å²) < 4.78 is 10.4. The number of benzene rings is 1. The third-order valence-electron chi connectivity index (χ3n) is 4.05. The van der Waals surface area contributed by atoms with Gasteiger partial charge in [-0.25, -0.2) is 0 Å². The highest BCUT2D eigenvalue weighted by atomic mass is 16.5. The van der Waals surface area contributed by atoms with E-state index in [1.807, 2.05) is 48.5 Å². The molecule has 0 saturated carbocycles. The van der Waals surface area contributed by atoms with E-state index in [0.717, 1.165) is 5.56 Å². The number of pyridine rings is 1. The Morgan fingerprint density at radius 2 is 1.96 bits per heavy atom. The topological polar surface area (TPSA) is 81.4 Å². The standard InChI is InChI=1S/C20H22N4O3/c1-26-14-13-24(15-16-7-3-2-4-8-16)19(25)11-10-18-22-20(23-27-18)17-9-5-6-12-21-17/h2-9,12H,10-11,13-15H2,1H3. The Morgan fingerprint density at radius 1 is 1.15 bits per heavy atom. The van der Waals surface area contributed by atoms with Crippen LogP contribution in [0.1, 0.15) is 17.9 Å². The lowest BCUT2D eigenvalue weighted by Crippen LogP contribution is -2.33. The number of carbonyl (C=O) groups is 1. The number of amides is 1. The average molecular weight is 366 g/mol. The number of nitrogens with zero attached hydrogens (tertiary/aromatic N) is 4. The van der Waals surface area contributed by atoms with Gasteiger partial charge in [0.2, 0.25) is 17.6 Å². The van der Waals surface area contributed by atoms with Crippen LogP contribution in [0.2, 0.25) is 0 Å². The maximum Gasteiger partial charge on any atom is 0.227 e. The summed E-state index contributed by atoms with van der Waals surface area (Å²) in [6.45, 7) is 1.57. The predicted molar refractivity (Wildman–Crippen MR) is 99.6 cm³/mol. The van der Waals surface area contributed by atoms with Crippen LogP contribution >= 0.6 is 0 Å². The van der Waals surface area contributed by atoms with E-state index in [4.69, 9.17) is 9.26 Å². The van der Waals surface area contributed by atoms with Crippen LogP contribution < -0.4 is 0 Å². The van der Waals surface area contributed by atoms with E-state index in [1.165, 1.54) is 0 Å². The molecule has 0 aliphatic carbocycles. The molecule has 2 aromatic heterocycles. The molecule has 0 bridgehead atoms. The van der Waals surface area contributed by atoms with Crippen molar-refractivity contribution in [1.82, 2.24) is 20.0 Å². The second kappa shape index (κ2) is 9.59. The largest absolute Gasteiger partial charge is 0.383 e. The maximum atomic E-state index is 12.7. The predicted octanol–water partition coefficient (Wildman–Crippen LogP) is 2.74. The van der Waals surface area contributed by atoms with E-state index in [-0.39, 0.29) is 5.91 Å². The zero-order valence-corrected chi connectivity index (χ0v) is 15.2. The van der Waals surface area contributed by atoms with Crippen molar-refractivity contribution in [2.45, 2.75) is 19.4 Å². The number of carbonyl (C=O) groups excluding carboxylic acids is 1. The van der Waals surface area contributed by atoms with Crippen molar-refractivity contribution < 1.29 is 14.1 Å². The number of methoxy groups -OCH3 is 1. The van der Waals surface area contributed by atoms with E-state index in [2.05, 4.69) is 15.1 Å². The molecule has 7 nitrogen and oxygen atoms in total. The number of hydrogen-bond donors (Lipinski definition) is 0. The monoisotopic (exact) mass is 366 g/mol. The van der Waals surface area contributed by atoms with Gasteiger partial charge in [-0.05, 0) is 17.7 Å². The summed E-state index contributed by atoms with van der Waals surface area (Å²) in [5.74, 6) is 0.877. The first-order valence-electron chi connectivity index (χ1n) is 8.81. The molecule has 1 aromatic carbocycles. The van der Waals surface area contributed by atoms with Crippen molar-refractivity contribution >= 4 is 5.91 Å². The van der Waals surface area contributed by atoms with Crippen LogP contribution in [0.4, 0.5) is 0 Å². The molecule has 0 saturated heterocycles. The summed E-state index contributed by atoms with van der Waals surface area (Å²) >= 11 is 0. The molecule has 7 heteroatoms. The van der Waals surface area contributed by atoms with Gasteiger partial charge < -0.3 is 14.2 Å². The lowest BCUT2D eigenvalue weighted by molar-refractivity contribution is -0.132. The number of rotatable bonds is 9. The van der Waals surface area contributed by atoms with Crippen LogP contribution in [-0.2, 0) is 22.5 Å². The molecule has 0 spiro atoms. The second-order valence-corrected chi connectivity index (χ2v) is 6.02. The fourth-order valence-electron chi connectivity index (χ4n) is 2.62. The van der Waals surface area contributed by atoms with Gasteiger partial charge in [0.25, 0.3) is 0 Å². The molecule has 1 amide bonds. The van der Waals surface area contributed by atoms with E-state index >= 15 is 0 Å². The van der Waals surface area contributed by atoms with E-state index < -0.39 is 0 Å². The Morgan fingerprint density at radius 3 is 2.70 bits per heavy atom. The molecule has 2 heterocycles. The van der Waals surface area contributed by atoms with Crippen LogP contribution in [0, 0.1) is 0 Å². The Balaban J connectivity index is 1.59.